The Morgan fingerprint density at radius 3 is 2.09 bits per heavy atom. The van der Waals surface area contributed by atoms with E-state index in [1.807, 2.05) is 65.8 Å². The molecule has 0 aromatic heterocycles. The molecule has 2 unspecified atom stereocenters. The molecule has 0 spiro atoms. The number of carbonyl (C=O) groups is 5. The molecule has 1 aromatic carbocycles. The number of likely N-dealkylation sites (N-methyl/N-ethyl adjacent to an activating group) is 1. The van der Waals surface area contributed by atoms with Gasteiger partial charge < -0.3 is 26.2 Å². The van der Waals surface area contributed by atoms with Crippen molar-refractivity contribution in [1.82, 2.24) is 30.5 Å². The van der Waals surface area contributed by atoms with Gasteiger partial charge in [0.2, 0.25) is 27.6 Å². The maximum Gasteiger partial charge on any atom is 0.315 e. The number of nitrogens with zero attached hydrogens (tertiary/aromatic N) is 2. The highest BCUT2D eigenvalue weighted by atomic mass is 32.2. The fourth-order valence-corrected chi connectivity index (χ4v) is 8.35. The van der Waals surface area contributed by atoms with Gasteiger partial charge in [-0.25, -0.2) is 17.5 Å². The third-order valence-corrected chi connectivity index (χ3v) is 13.0. The first kappa shape index (κ1) is 42.2. The highest BCUT2D eigenvalue weighted by molar-refractivity contribution is 7.89. The summed E-state index contributed by atoms with van der Waals surface area (Å²) in [6, 6.07) is 3.82. The molecule has 2 fully saturated rings. The summed E-state index contributed by atoms with van der Waals surface area (Å²) < 4.78 is 26.5. The van der Waals surface area contributed by atoms with Crippen LogP contribution in [0.5, 0.6) is 0 Å². The van der Waals surface area contributed by atoms with Crippen LogP contribution in [0.4, 0.5) is 4.79 Å². The van der Waals surface area contributed by atoms with E-state index in [4.69, 9.17) is 0 Å². The van der Waals surface area contributed by atoms with Gasteiger partial charge in [-0.15, -0.1) is 0 Å². The predicted octanol–water partition coefficient (Wildman–Crippen LogP) is 3.16. The summed E-state index contributed by atoms with van der Waals surface area (Å²) in [5, 5.41) is 11.6. The number of nitrogens with one attached hydrogen (secondary N) is 4. The van der Waals surface area contributed by atoms with Gasteiger partial charge in [0.25, 0.3) is 5.91 Å². The molecule has 0 bridgehead atoms. The van der Waals surface area contributed by atoms with Gasteiger partial charge in [0.15, 0.2) is 0 Å². The molecule has 1 aromatic rings. The summed E-state index contributed by atoms with van der Waals surface area (Å²) in [5.74, 6) is -2.80. The van der Waals surface area contributed by atoms with Crippen LogP contribution in [0.1, 0.15) is 98.1 Å². The third-order valence-electron chi connectivity index (χ3n) is 11.2. The molecule has 1 saturated carbocycles. The van der Waals surface area contributed by atoms with Crippen molar-refractivity contribution in [2.75, 3.05) is 25.9 Å². The lowest BCUT2D eigenvalue weighted by Gasteiger charge is -2.36. The predicted molar refractivity (Wildman–Crippen MR) is 204 cm³/mol. The summed E-state index contributed by atoms with van der Waals surface area (Å²) in [5.41, 5.74) is 1.66. The Balaban J connectivity index is 1.61. The molecule has 3 aliphatic rings. The fraction of sp³-hybridized carbons (Fsp3) is 0.718. The first-order valence-electron chi connectivity index (χ1n) is 19.4. The number of hydrogen-bond acceptors (Lipinski definition) is 7. The normalized spacial score (nSPS) is 20.8. The monoisotopic (exact) mass is 758 g/mol. The number of Topliss-reactive ketones (excluding diaryl/α,β-unsaturated/α-hetero) is 1. The molecule has 5 atom stereocenters. The number of hydrogen-bond donors (Lipinski definition) is 4. The molecule has 2 aliphatic carbocycles. The van der Waals surface area contributed by atoms with E-state index in [0.29, 0.717) is 38.6 Å². The van der Waals surface area contributed by atoms with Crippen LogP contribution < -0.4 is 21.3 Å². The number of benzene rings is 1. The van der Waals surface area contributed by atoms with E-state index in [2.05, 4.69) is 21.3 Å². The van der Waals surface area contributed by atoms with Crippen molar-refractivity contribution < 1.29 is 32.4 Å². The van der Waals surface area contributed by atoms with E-state index in [9.17, 15) is 32.4 Å². The van der Waals surface area contributed by atoms with Crippen LogP contribution >= 0.6 is 0 Å². The van der Waals surface area contributed by atoms with E-state index in [0.717, 1.165) is 30.4 Å². The first-order valence-corrected chi connectivity index (χ1v) is 21.0. The topological polar surface area (TPSA) is 174 Å². The summed E-state index contributed by atoms with van der Waals surface area (Å²) in [4.78, 5) is 70.7. The van der Waals surface area contributed by atoms with E-state index in [-0.39, 0.29) is 42.0 Å². The Hall–Kier alpha value is -3.52. The molecule has 296 valence electrons. The number of amides is 5. The maximum atomic E-state index is 14.8. The number of unbranched alkanes of at least 4 members (excludes halogenated alkanes) is 1. The first-order chi connectivity index (χ1) is 24.9. The lowest BCUT2D eigenvalue weighted by Crippen LogP contribution is -2.61. The van der Waals surface area contributed by atoms with Crippen LogP contribution in [-0.2, 0) is 42.0 Å². The molecule has 4 rings (SSSR count). The number of carbonyl (C=O) groups excluding carboxylic acids is 5. The summed E-state index contributed by atoms with van der Waals surface area (Å²) in [6.45, 7) is 13.6. The minimum Gasteiger partial charge on any atom is -0.347 e. The second-order valence-electron chi connectivity index (χ2n) is 16.6. The quantitative estimate of drug-likeness (QED) is 0.177. The SMILES string of the molecule is CCCCC(NC(=O)[C@@H]1C(C(C)C)CCN1C(=O)[C@@H](NC(=O)N[C@H](CN(C)S(=O)(=O)CC)C(C)(C)C)C1Cc2ccccc2C1)C(=O)C(=O)NC1CC1. The summed E-state index contributed by atoms with van der Waals surface area (Å²) in [7, 11) is -2.03. The van der Waals surface area contributed by atoms with E-state index in [1.165, 1.54) is 11.4 Å². The van der Waals surface area contributed by atoms with Gasteiger partial charge in [-0.05, 0) is 79.7 Å². The lowest BCUT2D eigenvalue weighted by molar-refractivity contribution is -0.144. The van der Waals surface area contributed by atoms with Crippen LogP contribution in [0.3, 0.4) is 0 Å². The lowest BCUT2D eigenvalue weighted by atomic mass is 9.86. The van der Waals surface area contributed by atoms with Crippen molar-refractivity contribution in [3.63, 3.8) is 0 Å². The van der Waals surface area contributed by atoms with E-state index < -0.39 is 63.2 Å². The zero-order valence-corrected chi connectivity index (χ0v) is 33.7. The minimum absolute atomic E-state index is 0.00503. The molecular weight excluding hydrogens is 697 g/mol. The van der Waals surface area contributed by atoms with Crippen LogP contribution in [0.2, 0.25) is 0 Å². The van der Waals surface area contributed by atoms with Gasteiger partial charge >= 0.3 is 6.03 Å². The molecule has 1 heterocycles. The third kappa shape index (κ3) is 10.8. The van der Waals surface area contributed by atoms with Crippen molar-refractivity contribution >= 4 is 39.6 Å². The Kier molecular flexibility index (Phi) is 14.1. The van der Waals surface area contributed by atoms with Crippen molar-refractivity contribution in [3.05, 3.63) is 35.4 Å². The molecule has 4 N–H and O–H groups in total. The number of fused-ring (bicyclic) bond motifs is 1. The number of urea groups is 1. The van der Waals surface area contributed by atoms with Gasteiger partial charge in [0, 0.05) is 32.2 Å². The molecular formula is C39H62N6O7S. The number of ketones is 1. The van der Waals surface area contributed by atoms with E-state index >= 15 is 0 Å². The average Bonchev–Trinajstić information content (AvgIpc) is 3.62. The molecule has 0 radical (unpaired) electrons. The van der Waals surface area contributed by atoms with Crippen LogP contribution in [0.15, 0.2) is 24.3 Å². The number of rotatable bonds is 17. The Morgan fingerprint density at radius 2 is 1.57 bits per heavy atom. The van der Waals surface area contributed by atoms with Gasteiger partial charge in [-0.2, -0.15) is 0 Å². The molecule has 14 heteroatoms. The van der Waals surface area contributed by atoms with Crippen molar-refractivity contribution in [1.29, 1.82) is 0 Å². The zero-order chi connectivity index (χ0) is 39.2. The fourth-order valence-electron chi connectivity index (χ4n) is 7.53. The largest absolute Gasteiger partial charge is 0.347 e. The molecule has 1 saturated heterocycles. The highest BCUT2D eigenvalue weighted by Gasteiger charge is 2.48. The standard InChI is InChI=1S/C39H62N6O7S/c1-9-11-16-30(34(46)36(48)40-28-17-18-28)41-35(47)33-29(24(3)4)19-20-45(33)37(49)32(27-21-25-14-12-13-15-26(25)22-27)43-38(50)42-31(39(5,6)7)23-44(8)53(51,52)10-2/h12-15,24,27-33H,9-11,16-23H2,1-8H3,(H,40,48)(H,41,47)(H2,42,43,50)/t29?,30?,31-,32+,33+/m1/s1. The molecule has 5 amide bonds. The summed E-state index contributed by atoms with van der Waals surface area (Å²) in [6.07, 6.45) is 5.03. The minimum atomic E-state index is -3.51. The number of sulfonamides is 1. The average molecular weight is 759 g/mol. The molecule has 13 nitrogen and oxygen atoms in total. The van der Waals surface area contributed by atoms with Crippen molar-refractivity contribution in [2.45, 2.75) is 130 Å². The van der Waals surface area contributed by atoms with Crippen LogP contribution in [0.25, 0.3) is 0 Å². The van der Waals surface area contributed by atoms with Gasteiger partial charge in [0.1, 0.15) is 12.1 Å². The Bertz CT molecular complexity index is 1580. The van der Waals surface area contributed by atoms with Gasteiger partial charge in [-0.1, -0.05) is 78.6 Å². The molecule has 53 heavy (non-hydrogen) atoms. The van der Waals surface area contributed by atoms with Crippen LogP contribution in [0, 0.1) is 23.2 Å². The van der Waals surface area contributed by atoms with Gasteiger partial charge in [0.05, 0.1) is 11.8 Å². The van der Waals surface area contributed by atoms with Crippen molar-refractivity contribution in [3.8, 4) is 0 Å². The van der Waals surface area contributed by atoms with Gasteiger partial charge in [-0.3, -0.25) is 19.2 Å². The number of likely N-dealkylation sites (tertiary alicyclic amines) is 1. The summed E-state index contributed by atoms with van der Waals surface area (Å²) >= 11 is 0. The molecule has 1 aliphatic heterocycles. The Morgan fingerprint density at radius 1 is 0.943 bits per heavy atom. The van der Waals surface area contributed by atoms with Crippen LogP contribution in [-0.4, -0.2) is 103 Å². The van der Waals surface area contributed by atoms with E-state index in [1.54, 1.807) is 11.8 Å². The Labute approximate surface area is 316 Å². The van der Waals surface area contributed by atoms with Crippen molar-refractivity contribution in [2.24, 2.45) is 23.2 Å². The second kappa shape index (κ2) is 17.7. The maximum absolute atomic E-state index is 14.8. The highest BCUT2D eigenvalue weighted by Crippen LogP contribution is 2.35. The zero-order valence-electron chi connectivity index (χ0n) is 32.9. The smallest absolute Gasteiger partial charge is 0.315 e. The second-order valence-corrected chi connectivity index (χ2v) is 19.0.